The number of amides is 1. The molecule has 0 spiro atoms. The van der Waals surface area contributed by atoms with Crippen molar-refractivity contribution in [3.8, 4) is 5.75 Å². The van der Waals surface area contributed by atoms with Crippen molar-refractivity contribution >= 4 is 28.7 Å². The molecule has 0 atom stereocenters. The van der Waals surface area contributed by atoms with Crippen molar-refractivity contribution in [1.29, 1.82) is 0 Å². The second kappa shape index (κ2) is 9.09. The number of halogens is 1. The van der Waals surface area contributed by atoms with Gasteiger partial charge in [-0.05, 0) is 41.3 Å². The second-order valence-corrected chi connectivity index (χ2v) is 6.84. The molecular formula is C21H18FNO3S. The average Bonchev–Trinajstić information content (AvgIpc) is 3.21. The predicted molar refractivity (Wildman–Crippen MR) is 104 cm³/mol. The van der Waals surface area contributed by atoms with Crippen molar-refractivity contribution in [3.63, 3.8) is 0 Å². The SMILES string of the molecule is O=C(CCC(=O)c1cccs1)Nc1cccc(OCc2ccc(F)cc2)c1. The Morgan fingerprint density at radius 2 is 1.81 bits per heavy atom. The molecule has 0 saturated carbocycles. The molecule has 0 aliphatic heterocycles. The second-order valence-electron chi connectivity index (χ2n) is 5.89. The van der Waals surface area contributed by atoms with E-state index in [9.17, 15) is 14.0 Å². The van der Waals surface area contributed by atoms with Crippen molar-refractivity contribution in [2.45, 2.75) is 19.4 Å². The van der Waals surface area contributed by atoms with Gasteiger partial charge in [0.15, 0.2) is 5.78 Å². The van der Waals surface area contributed by atoms with E-state index in [1.807, 2.05) is 11.4 Å². The molecule has 0 unspecified atom stereocenters. The summed E-state index contributed by atoms with van der Waals surface area (Å²) in [7, 11) is 0. The number of thiophene rings is 1. The number of ether oxygens (including phenoxy) is 1. The Morgan fingerprint density at radius 3 is 2.56 bits per heavy atom. The van der Waals surface area contributed by atoms with Crippen LogP contribution in [0.4, 0.5) is 10.1 Å². The highest BCUT2D eigenvalue weighted by molar-refractivity contribution is 7.12. The van der Waals surface area contributed by atoms with Gasteiger partial charge >= 0.3 is 0 Å². The Balaban J connectivity index is 1.50. The molecule has 27 heavy (non-hydrogen) atoms. The van der Waals surface area contributed by atoms with Crippen LogP contribution < -0.4 is 10.1 Å². The normalized spacial score (nSPS) is 10.4. The van der Waals surface area contributed by atoms with Crippen LogP contribution in [0.1, 0.15) is 28.1 Å². The van der Waals surface area contributed by atoms with Gasteiger partial charge in [0.1, 0.15) is 18.2 Å². The molecule has 0 aliphatic carbocycles. The van der Waals surface area contributed by atoms with Crippen molar-refractivity contribution < 1.29 is 18.7 Å². The van der Waals surface area contributed by atoms with Crippen molar-refractivity contribution in [2.24, 2.45) is 0 Å². The predicted octanol–water partition coefficient (Wildman–Crippen LogP) is 5.07. The zero-order chi connectivity index (χ0) is 19.1. The van der Waals surface area contributed by atoms with E-state index in [1.54, 1.807) is 42.5 Å². The lowest BCUT2D eigenvalue weighted by atomic mass is 10.2. The van der Waals surface area contributed by atoms with Crippen molar-refractivity contribution in [2.75, 3.05) is 5.32 Å². The van der Waals surface area contributed by atoms with E-state index >= 15 is 0 Å². The Kier molecular flexibility index (Phi) is 6.33. The summed E-state index contributed by atoms with van der Waals surface area (Å²) < 4.78 is 18.6. The first kappa shape index (κ1) is 18.8. The molecule has 1 aromatic heterocycles. The minimum Gasteiger partial charge on any atom is -0.489 e. The van der Waals surface area contributed by atoms with Gasteiger partial charge in [-0.3, -0.25) is 9.59 Å². The number of hydrogen-bond acceptors (Lipinski definition) is 4. The molecule has 3 aromatic rings. The number of rotatable bonds is 8. The minimum atomic E-state index is -0.291. The lowest BCUT2D eigenvalue weighted by Crippen LogP contribution is -2.13. The Morgan fingerprint density at radius 1 is 1.00 bits per heavy atom. The maximum atomic E-state index is 12.9. The molecule has 0 saturated heterocycles. The largest absolute Gasteiger partial charge is 0.489 e. The van der Waals surface area contributed by atoms with Crippen molar-refractivity contribution in [3.05, 3.63) is 82.3 Å². The summed E-state index contributed by atoms with van der Waals surface area (Å²) in [5.41, 5.74) is 1.44. The first-order valence-electron chi connectivity index (χ1n) is 8.44. The van der Waals surface area contributed by atoms with Gasteiger partial charge in [-0.1, -0.05) is 24.3 Å². The van der Waals surface area contributed by atoms with Crippen LogP contribution >= 0.6 is 11.3 Å². The third kappa shape index (κ3) is 5.76. The molecule has 6 heteroatoms. The zero-order valence-electron chi connectivity index (χ0n) is 14.5. The number of anilines is 1. The Hall–Kier alpha value is -2.99. The lowest BCUT2D eigenvalue weighted by Gasteiger charge is -2.09. The number of benzene rings is 2. The first-order chi connectivity index (χ1) is 13.1. The van der Waals surface area contributed by atoms with Gasteiger partial charge in [-0.2, -0.15) is 0 Å². The summed E-state index contributed by atoms with van der Waals surface area (Å²) >= 11 is 1.37. The fraction of sp³-hybridized carbons (Fsp3) is 0.143. The van der Waals surface area contributed by atoms with Crippen LogP contribution in [0.25, 0.3) is 0 Å². The molecule has 0 aliphatic rings. The maximum absolute atomic E-state index is 12.9. The topological polar surface area (TPSA) is 55.4 Å². The maximum Gasteiger partial charge on any atom is 0.224 e. The number of hydrogen-bond donors (Lipinski definition) is 1. The van der Waals surface area contributed by atoms with Crippen LogP contribution in [0.5, 0.6) is 5.75 Å². The van der Waals surface area contributed by atoms with Crippen LogP contribution in [-0.4, -0.2) is 11.7 Å². The molecule has 2 aromatic carbocycles. The average molecular weight is 383 g/mol. The molecule has 1 amide bonds. The highest BCUT2D eigenvalue weighted by Crippen LogP contribution is 2.19. The van der Waals surface area contributed by atoms with Gasteiger partial charge in [0, 0.05) is 24.6 Å². The fourth-order valence-electron chi connectivity index (χ4n) is 2.42. The molecule has 1 heterocycles. The summed E-state index contributed by atoms with van der Waals surface area (Å²) in [5, 5.41) is 4.61. The van der Waals surface area contributed by atoms with E-state index in [-0.39, 0.29) is 30.3 Å². The Labute approximate surface area is 160 Å². The number of carbonyl (C=O) groups excluding carboxylic acids is 2. The number of Topliss-reactive ketones (excluding diaryl/α,β-unsaturated/α-hetero) is 1. The molecule has 4 nitrogen and oxygen atoms in total. The van der Waals surface area contributed by atoms with Crippen LogP contribution in [0, 0.1) is 5.82 Å². The molecule has 0 radical (unpaired) electrons. The van der Waals surface area contributed by atoms with Gasteiger partial charge in [0.05, 0.1) is 4.88 Å². The van der Waals surface area contributed by atoms with Crippen LogP contribution in [0.3, 0.4) is 0 Å². The van der Waals surface area contributed by atoms with E-state index < -0.39 is 0 Å². The minimum absolute atomic E-state index is 0.0310. The van der Waals surface area contributed by atoms with Crippen LogP contribution in [0.2, 0.25) is 0 Å². The standard InChI is InChI=1S/C21H18FNO3S/c22-16-8-6-15(7-9-16)14-26-18-4-1-3-17(13-18)23-21(25)11-10-19(24)20-5-2-12-27-20/h1-9,12-13H,10-11,14H2,(H,23,25). The van der Waals surface area contributed by atoms with Gasteiger partial charge in [-0.15, -0.1) is 11.3 Å². The molecule has 1 N–H and O–H groups in total. The van der Waals surface area contributed by atoms with Crippen LogP contribution in [0.15, 0.2) is 66.0 Å². The van der Waals surface area contributed by atoms with Gasteiger partial charge in [0.25, 0.3) is 0 Å². The highest BCUT2D eigenvalue weighted by atomic mass is 32.1. The number of carbonyl (C=O) groups is 2. The third-order valence-corrected chi connectivity index (χ3v) is 4.72. The summed E-state index contributed by atoms with van der Waals surface area (Å²) in [6, 6.07) is 16.7. The quantitative estimate of drug-likeness (QED) is 0.553. The van der Waals surface area contributed by atoms with Crippen molar-refractivity contribution in [1.82, 2.24) is 0 Å². The smallest absolute Gasteiger partial charge is 0.224 e. The zero-order valence-corrected chi connectivity index (χ0v) is 15.3. The molecule has 0 fully saturated rings. The number of nitrogens with one attached hydrogen (secondary N) is 1. The number of ketones is 1. The fourth-order valence-corrected chi connectivity index (χ4v) is 3.12. The van der Waals surface area contributed by atoms with E-state index in [0.29, 0.717) is 22.9 Å². The molecular weight excluding hydrogens is 365 g/mol. The van der Waals surface area contributed by atoms with Crippen LogP contribution in [-0.2, 0) is 11.4 Å². The monoisotopic (exact) mass is 383 g/mol. The summed E-state index contributed by atoms with van der Waals surface area (Å²) in [6.45, 7) is 0.299. The van der Waals surface area contributed by atoms with Gasteiger partial charge in [0.2, 0.25) is 5.91 Å². The summed E-state index contributed by atoms with van der Waals surface area (Å²) in [6.07, 6.45) is 0.296. The Bertz CT molecular complexity index is 907. The van der Waals surface area contributed by atoms with E-state index in [4.69, 9.17) is 4.74 Å². The first-order valence-corrected chi connectivity index (χ1v) is 9.32. The lowest BCUT2D eigenvalue weighted by molar-refractivity contribution is -0.116. The van der Waals surface area contributed by atoms with E-state index in [0.717, 1.165) is 5.56 Å². The van der Waals surface area contributed by atoms with E-state index in [1.165, 1.54) is 23.5 Å². The van der Waals surface area contributed by atoms with E-state index in [2.05, 4.69) is 5.32 Å². The van der Waals surface area contributed by atoms with Gasteiger partial charge in [-0.25, -0.2) is 4.39 Å². The molecule has 138 valence electrons. The molecule has 3 rings (SSSR count). The van der Waals surface area contributed by atoms with Gasteiger partial charge < -0.3 is 10.1 Å². The molecule has 0 bridgehead atoms. The highest BCUT2D eigenvalue weighted by Gasteiger charge is 2.10. The summed E-state index contributed by atoms with van der Waals surface area (Å²) in [5.74, 6) is 0.0416. The third-order valence-electron chi connectivity index (χ3n) is 3.81. The summed E-state index contributed by atoms with van der Waals surface area (Å²) in [4.78, 5) is 24.7.